The minimum absolute atomic E-state index is 0. The summed E-state index contributed by atoms with van der Waals surface area (Å²) in [5, 5.41) is 6.80. The van der Waals surface area contributed by atoms with Crippen LogP contribution in [0.2, 0.25) is 0 Å². The van der Waals surface area contributed by atoms with Gasteiger partial charge in [0.25, 0.3) is 0 Å². The average molecular weight is 163 g/mol. The van der Waals surface area contributed by atoms with Crippen molar-refractivity contribution in [3.8, 4) is 0 Å². The number of hydrogen-bond donors (Lipinski definition) is 1. The molecule has 0 atom stereocenters. The van der Waals surface area contributed by atoms with E-state index in [0.717, 1.165) is 0 Å². The Labute approximate surface area is 59.6 Å². The summed E-state index contributed by atoms with van der Waals surface area (Å²) < 4.78 is 0. The SMILES string of the molecule is CC(=N)CC(C)=O.[Cu]. The van der Waals surface area contributed by atoms with Gasteiger partial charge in [0.05, 0.1) is 0 Å². The molecule has 0 heterocycles. The smallest absolute Gasteiger partial charge is 0.135 e. The third kappa shape index (κ3) is 9.29. The Morgan fingerprint density at radius 2 is 1.88 bits per heavy atom. The summed E-state index contributed by atoms with van der Waals surface area (Å²) in [6, 6.07) is 0. The maximum Gasteiger partial charge on any atom is 0.135 e. The van der Waals surface area contributed by atoms with Crippen LogP contribution < -0.4 is 0 Å². The molecule has 51 valence electrons. The Bertz CT molecular complexity index is 88.6. The van der Waals surface area contributed by atoms with Crippen LogP contribution in [0.15, 0.2) is 0 Å². The fraction of sp³-hybridized carbons (Fsp3) is 0.600. The Morgan fingerprint density at radius 3 is 1.88 bits per heavy atom. The number of Topliss-reactive ketones (excluding diaryl/α,β-unsaturated/α-hetero) is 1. The van der Waals surface area contributed by atoms with Gasteiger partial charge in [-0.3, -0.25) is 4.79 Å². The first-order valence-electron chi connectivity index (χ1n) is 2.16. The third-order valence-electron chi connectivity index (χ3n) is 0.514. The van der Waals surface area contributed by atoms with Crippen LogP contribution in [0.4, 0.5) is 0 Å². The summed E-state index contributed by atoms with van der Waals surface area (Å²) >= 11 is 0. The van der Waals surface area contributed by atoms with Crippen LogP contribution in [0, 0.1) is 5.41 Å². The molecule has 2 nitrogen and oxygen atoms in total. The summed E-state index contributed by atoms with van der Waals surface area (Å²) in [5.74, 6) is 0.0625. The van der Waals surface area contributed by atoms with Gasteiger partial charge in [-0.2, -0.15) is 0 Å². The molecular weight excluding hydrogens is 154 g/mol. The second-order valence-electron chi connectivity index (χ2n) is 1.66. The van der Waals surface area contributed by atoms with Crippen LogP contribution in [0.3, 0.4) is 0 Å². The number of ketones is 1. The van der Waals surface area contributed by atoms with Gasteiger partial charge in [0.15, 0.2) is 0 Å². The molecule has 8 heavy (non-hydrogen) atoms. The standard InChI is InChI=1S/C5H9NO.Cu/c1-4(6)3-5(2)7;/h6H,3H2,1-2H3;. The molecule has 0 aliphatic heterocycles. The normalized spacial score (nSPS) is 7.25. The van der Waals surface area contributed by atoms with E-state index in [1.807, 2.05) is 0 Å². The summed E-state index contributed by atoms with van der Waals surface area (Å²) in [4.78, 5) is 10.1. The monoisotopic (exact) mass is 162 g/mol. The molecule has 0 aromatic rings. The zero-order valence-electron chi connectivity index (χ0n) is 4.92. The van der Waals surface area contributed by atoms with Crippen molar-refractivity contribution >= 4 is 11.5 Å². The van der Waals surface area contributed by atoms with Crippen molar-refractivity contribution in [2.24, 2.45) is 0 Å². The van der Waals surface area contributed by atoms with E-state index >= 15 is 0 Å². The van der Waals surface area contributed by atoms with Crippen LogP contribution in [-0.2, 0) is 21.9 Å². The zero-order chi connectivity index (χ0) is 5.86. The van der Waals surface area contributed by atoms with Crippen molar-refractivity contribution < 1.29 is 21.9 Å². The number of rotatable bonds is 2. The predicted octanol–water partition coefficient (Wildman–Crippen LogP) is 1.00. The molecule has 0 unspecified atom stereocenters. The topological polar surface area (TPSA) is 40.9 Å². The van der Waals surface area contributed by atoms with E-state index in [1.165, 1.54) is 6.92 Å². The van der Waals surface area contributed by atoms with Crippen molar-refractivity contribution in [1.29, 1.82) is 5.41 Å². The fourth-order valence-electron chi connectivity index (χ4n) is 0.373. The summed E-state index contributed by atoms with van der Waals surface area (Å²) in [7, 11) is 0. The van der Waals surface area contributed by atoms with Crippen molar-refractivity contribution in [3.05, 3.63) is 0 Å². The first-order valence-corrected chi connectivity index (χ1v) is 2.16. The van der Waals surface area contributed by atoms with Crippen LogP contribution in [-0.4, -0.2) is 11.5 Å². The molecule has 0 bridgehead atoms. The van der Waals surface area contributed by atoms with Crippen molar-refractivity contribution in [2.75, 3.05) is 0 Å². The van der Waals surface area contributed by atoms with Crippen LogP contribution in [0.5, 0.6) is 0 Å². The second kappa shape index (κ2) is 5.01. The van der Waals surface area contributed by atoms with Gasteiger partial charge in [-0.15, -0.1) is 0 Å². The van der Waals surface area contributed by atoms with E-state index in [-0.39, 0.29) is 22.9 Å². The maximum absolute atomic E-state index is 10.1. The molecule has 0 saturated heterocycles. The fourth-order valence-corrected chi connectivity index (χ4v) is 0.373. The van der Waals surface area contributed by atoms with Crippen LogP contribution in [0.25, 0.3) is 0 Å². The van der Waals surface area contributed by atoms with E-state index in [2.05, 4.69) is 0 Å². The minimum Gasteiger partial charge on any atom is -0.310 e. The summed E-state index contributed by atoms with van der Waals surface area (Å²) in [6.07, 6.45) is 0.306. The Hall–Kier alpha value is -0.141. The van der Waals surface area contributed by atoms with Crippen LogP contribution >= 0.6 is 0 Å². The molecule has 1 N–H and O–H groups in total. The van der Waals surface area contributed by atoms with Crippen molar-refractivity contribution in [1.82, 2.24) is 0 Å². The summed E-state index contributed by atoms with van der Waals surface area (Å²) in [5.41, 5.74) is 0.438. The van der Waals surface area contributed by atoms with Gasteiger partial charge in [0.2, 0.25) is 0 Å². The maximum atomic E-state index is 10.1. The molecule has 0 aromatic carbocycles. The average Bonchev–Trinajstić information content (AvgIpc) is 1.27. The number of carbonyl (C=O) groups excluding carboxylic acids is 1. The molecule has 0 saturated carbocycles. The Morgan fingerprint density at radius 1 is 1.50 bits per heavy atom. The van der Waals surface area contributed by atoms with E-state index in [4.69, 9.17) is 5.41 Å². The molecule has 3 heteroatoms. The van der Waals surface area contributed by atoms with Gasteiger partial charge < -0.3 is 5.41 Å². The predicted molar refractivity (Wildman–Crippen MR) is 28.7 cm³/mol. The molecule has 0 spiro atoms. The molecule has 1 radical (unpaired) electrons. The van der Waals surface area contributed by atoms with Gasteiger partial charge in [-0.05, 0) is 13.8 Å². The molecule has 0 fully saturated rings. The molecule has 0 rings (SSSR count). The molecule has 0 aliphatic rings. The molecule has 0 aromatic heterocycles. The number of hydrogen-bond acceptors (Lipinski definition) is 2. The largest absolute Gasteiger partial charge is 0.310 e. The number of nitrogens with one attached hydrogen (secondary N) is 1. The first kappa shape index (κ1) is 10.8. The van der Waals surface area contributed by atoms with Gasteiger partial charge >= 0.3 is 0 Å². The Balaban J connectivity index is 0. The van der Waals surface area contributed by atoms with E-state index in [0.29, 0.717) is 12.1 Å². The molecule has 0 amide bonds. The van der Waals surface area contributed by atoms with E-state index < -0.39 is 0 Å². The minimum atomic E-state index is 0. The molecule has 0 aliphatic carbocycles. The quantitative estimate of drug-likeness (QED) is 0.478. The first-order chi connectivity index (χ1) is 3.13. The van der Waals surface area contributed by atoms with Gasteiger partial charge in [-0.1, -0.05) is 0 Å². The van der Waals surface area contributed by atoms with Crippen LogP contribution in [0.1, 0.15) is 20.3 Å². The van der Waals surface area contributed by atoms with Crippen molar-refractivity contribution in [2.45, 2.75) is 20.3 Å². The molecular formula is C5H9CuNO. The van der Waals surface area contributed by atoms with Gasteiger partial charge in [-0.25, -0.2) is 0 Å². The number of carbonyl (C=O) groups is 1. The van der Waals surface area contributed by atoms with Crippen molar-refractivity contribution in [3.63, 3.8) is 0 Å². The zero-order valence-corrected chi connectivity index (χ0v) is 5.86. The second-order valence-corrected chi connectivity index (χ2v) is 1.66. The Kier molecular flexibility index (Phi) is 6.74. The van der Waals surface area contributed by atoms with Gasteiger partial charge in [0, 0.05) is 29.2 Å². The summed E-state index contributed by atoms with van der Waals surface area (Å²) in [6.45, 7) is 3.11. The third-order valence-corrected chi connectivity index (χ3v) is 0.514. The van der Waals surface area contributed by atoms with Gasteiger partial charge in [0.1, 0.15) is 5.78 Å². The van der Waals surface area contributed by atoms with E-state index in [1.54, 1.807) is 6.92 Å². The van der Waals surface area contributed by atoms with E-state index in [9.17, 15) is 4.79 Å².